The van der Waals surface area contributed by atoms with E-state index < -0.39 is 23.0 Å². The molecule has 0 atom stereocenters. The molecular weight excluding hydrogens is 232 g/mol. The first-order valence-corrected chi connectivity index (χ1v) is 5.62. The molecule has 0 aliphatic rings. The fourth-order valence-electron chi connectivity index (χ4n) is 1.91. The minimum Gasteiger partial charge on any atom is -0.207 e. The highest BCUT2D eigenvalue weighted by molar-refractivity contribution is 5.36. The summed E-state index contributed by atoms with van der Waals surface area (Å²) in [4.78, 5) is 0. The number of halogens is 4. The van der Waals surface area contributed by atoms with Gasteiger partial charge in [0.05, 0.1) is 5.56 Å². The standard InChI is InChI=1S/C13H16F4/c1-4-12(3,5-2)10-7-6-9(14)8-11(10)13(15,16)17/h6-8H,4-5H2,1-3H3. The van der Waals surface area contributed by atoms with Gasteiger partial charge in [-0.05, 0) is 36.0 Å². The lowest BCUT2D eigenvalue weighted by Crippen LogP contribution is -2.24. The maximum absolute atomic E-state index is 13.0. The molecular formula is C13H16F4. The molecule has 0 aromatic heterocycles. The van der Waals surface area contributed by atoms with Crippen LogP contribution in [0, 0.1) is 5.82 Å². The van der Waals surface area contributed by atoms with Gasteiger partial charge in [0.15, 0.2) is 0 Å². The van der Waals surface area contributed by atoms with Crippen LogP contribution in [0.5, 0.6) is 0 Å². The van der Waals surface area contributed by atoms with Crippen molar-refractivity contribution in [2.45, 2.75) is 45.2 Å². The van der Waals surface area contributed by atoms with Crippen molar-refractivity contribution in [2.24, 2.45) is 0 Å². The van der Waals surface area contributed by atoms with Crippen LogP contribution in [-0.2, 0) is 11.6 Å². The van der Waals surface area contributed by atoms with Crippen molar-refractivity contribution in [3.05, 3.63) is 35.1 Å². The van der Waals surface area contributed by atoms with Crippen molar-refractivity contribution in [3.8, 4) is 0 Å². The predicted octanol–water partition coefficient (Wildman–Crippen LogP) is 4.92. The quantitative estimate of drug-likeness (QED) is 0.666. The lowest BCUT2D eigenvalue weighted by molar-refractivity contribution is -0.139. The van der Waals surface area contributed by atoms with Gasteiger partial charge in [-0.15, -0.1) is 0 Å². The third-order valence-corrected chi connectivity index (χ3v) is 3.50. The number of rotatable bonds is 3. The molecule has 1 aromatic carbocycles. The predicted molar refractivity (Wildman–Crippen MR) is 59.3 cm³/mol. The van der Waals surface area contributed by atoms with E-state index in [1.165, 1.54) is 6.07 Å². The van der Waals surface area contributed by atoms with E-state index in [2.05, 4.69) is 0 Å². The Kier molecular flexibility index (Phi) is 3.84. The molecule has 4 heteroatoms. The summed E-state index contributed by atoms with van der Waals surface area (Å²) in [5, 5.41) is 0. The fraction of sp³-hybridized carbons (Fsp3) is 0.538. The van der Waals surface area contributed by atoms with Crippen LogP contribution in [0.4, 0.5) is 17.6 Å². The third kappa shape index (κ3) is 2.79. The summed E-state index contributed by atoms with van der Waals surface area (Å²) >= 11 is 0. The summed E-state index contributed by atoms with van der Waals surface area (Å²) in [6.45, 7) is 5.45. The SMILES string of the molecule is CCC(C)(CC)c1ccc(F)cc1C(F)(F)F. The van der Waals surface area contributed by atoms with Crippen LogP contribution >= 0.6 is 0 Å². The molecule has 0 aliphatic heterocycles. The van der Waals surface area contributed by atoms with E-state index in [1.54, 1.807) is 6.92 Å². The third-order valence-electron chi connectivity index (χ3n) is 3.50. The lowest BCUT2D eigenvalue weighted by Gasteiger charge is -2.30. The Balaban J connectivity index is 3.43. The van der Waals surface area contributed by atoms with Gasteiger partial charge in [0, 0.05) is 0 Å². The van der Waals surface area contributed by atoms with Gasteiger partial charge in [-0.25, -0.2) is 4.39 Å². The van der Waals surface area contributed by atoms with Gasteiger partial charge in [0.2, 0.25) is 0 Å². The summed E-state index contributed by atoms with van der Waals surface area (Å²) in [6, 6.07) is 2.93. The molecule has 0 spiro atoms. The van der Waals surface area contributed by atoms with E-state index in [0.29, 0.717) is 18.9 Å². The Hall–Kier alpha value is -1.06. The second-order valence-electron chi connectivity index (χ2n) is 4.46. The average Bonchev–Trinajstić information content (AvgIpc) is 2.27. The van der Waals surface area contributed by atoms with Crippen molar-refractivity contribution >= 4 is 0 Å². The Morgan fingerprint density at radius 3 is 1.94 bits per heavy atom. The van der Waals surface area contributed by atoms with Crippen LogP contribution in [0.1, 0.15) is 44.7 Å². The van der Waals surface area contributed by atoms with Crippen molar-refractivity contribution in [1.29, 1.82) is 0 Å². The van der Waals surface area contributed by atoms with Gasteiger partial charge in [0.25, 0.3) is 0 Å². The molecule has 1 aromatic rings. The number of hydrogen-bond donors (Lipinski definition) is 0. The van der Waals surface area contributed by atoms with Gasteiger partial charge in [-0.1, -0.05) is 26.8 Å². The highest BCUT2D eigenvalue weighted by Gasteiger charge is 2.38. The largest absolute Gasteiger partial charge is 0.416 e. The lowest BCUT2D eigenvalue weighted by atomic mass is 9.75. The minimum absolute atomic E-state index is 0.177. The van der Waals surface area contributed by atoms with E-state index >= 15 is 0 Å². The van der Waals surface area contributed by atoms with Crippen LogP contribution < -0.4 is 0 Å². The summed E-state index contributed by atoms with van der Waals surface area (Å²) in [6.07, 6.45) is -3.35. The molecule has 96 valence electrons. The fourth-order valence-corrected chi connectivity index (χ4v) is 1.91. The zero-order chi connectivity index (χ0) is 13.3. The van der Waals surface area contributed by atoms with Gasteiger partial charge >= 0.3 is 6.18 Å². The van der Waals surface area contributed by atoms with Gasteiger partial charge in [-0.2, -0.15) is 13.2 Å². The summed E-state index contributed by atoms with van der Waals surface area (Å²) < 4.78 is 51.6. The Bertz CT molecular complexity index is 389. The van der Waals surface area contributed by atoms with Crippen molar-refractivity contribution in [3.63, 3.8) is 0 Å². The molecule has 0 N–H and O–H groups in total. The first kappa shape index (κ1) is 14.0. The Labute approximate surface area is 98.6 Å². The van der Waals surface area contributed by atoms with Crippen molar-refractivity contribution in [2.75, 3.05) is 0 Å². The highest BCUT2D eigenvalue weighted by atomic mass is 19.4. The maximum atomic E-state index is 13.0. The van der Waals surface area contributed by atoms with Crippen molar-refractivity contribution < 1.29 is 17.6 Å². The normalized spacial score (nSPS) is 12.9. The molecule has 0 bridgehead atoms. The molecule has 0 nitrogen and oxygen atoms in total. The zero-order valence-electron chi connectivity index (χ0n) is 10.2. The topological polar surface area (TPSA) is 0 Å². The Morgan fingerprint density at radius 2 is 1.53 bits per heavy atom. The number of alkyl halides is 3. The van der Waals surface area contributed by atoms with E-state index in [-0.39, 0.29) is 5.56 Å². The number of hydrogen-bond acceptors (Lipinski definition) is 0. The molecule has 0 saturated carbocycles. The first-order chi connectivity index (χ1) is 7.74. The van der Waals surface area contributed by atoms with Crippen molar-refractivity contribution in [1.82, 2.24) is 0 Å². The van der Waals surface area contributed by atoms with Crippen LogP contribution in [0.15, 0.2) is 18.2 Å². The number of benzene rings is 1. The monoisotopic (exact) mass is 248 g/mol. The van der Waals surface area contributed by atoms with Gasteiger partial charge < -0.3 is 0 Å². The Morgan fingerprint density at radius 1 is 1.00 bits per heavy atom. The van der Waals surface area contributed by atoms with Gasteiger partial charge in [0.1, 0.15) is 5.82 Å². The summed E-state index contributed by atoms with van der Waals surface area (Å²) in [5.41, 5.74) is -1.25. The molecule has 0 aliphatic carbocycles. The smallest absolute Gasteiger partial charge is 0.207 e. The molecule has 17 heavy (non-hydrogen) atoms. The van der Waals surface area contributed by atoms with Gasteiger partial charge in [-0.3, -0.25) is 0 Å². The van der Waals surface area contributed by atoms with E-state index in [0.717, 1.165) is 6.07 Å². The summed E-state index contributed by atoms with van der Waals surface area (Å²) in [7, 11) is 0. The minimum atomic E-state index is -4.51. The molecule has 1 rings (SSSR count). The first-order valence-electron chi connectivity index (χ1n) is 5.62. The molecule has 0 radical (unpaired) electrons. The average molecular weight is 248 g/mol. The molecule has 0 fully saturated rings. The molecule has 0 saturated heterocycles. The van der Waals surface area contributed by atoms with E-state index in [4.69, 9.17) is 0 Å². The van der Waals surface area contributed by atoms with Crippen LogP contribution in [0.25, 0.3) is 0 Å². The summed E-state index contributed by atoms with van der Waals surface area (Å²) in [5.74, 6) is -0.851. The molecule has 0 unspecified atom stereocenters. The van der Waals surface area contributed by atoms with Crippen LogP contribution in [-0.4, -0.2) is 0 Å². The van der Waals surface area contributed by atoms with Crippen LogP contribution in [0.3, 0.4) is 0 Å². The second kappa shape index (κ2) is 4.67. The van der Waals surface area contributed by atoms with E-state index in [9.17, 15) is 17.6 Å². The molecule has 0 heterocycles. The highest BCUT2D eigenvalue weighted by Crippen LogP contribution is 2.40. The zero-order valence-corrected chi connectivity index (χ0v) is 10.2. The maximum Gasteiger partial charge on any atom is 0.416 e. The van der Waals surface area contributed by atoms with Crippen LogP contribution in [0.2, 0.25) is 0 Å². The van der Waals surface area contributed by atoms with E-state index in [1.807, 2.05) is 13.8 Å². The second-order valence-corrected chi connectivity index (χ2v) is 4.46. The molecule has 0 amide bonds.